The van der Waals surface area contributed by atoms with Gasteiger partial charge in [-0.25, -0.2) is 8.78 Å². The molecule has 0 spiro atoms. The van der Waals surface area contributed by atoms with Crippen LogP contribution in [0.1, 0.15) is 33.6 Å². The molecular formula is C9H5ClF2N2O. The molecule has 0 aliphatic rings. The number of halogens is 3. The third-order valence-electron chi connectivity index (χ3n) is 1.82. The smallest absolute Gasteiger partial charge is 0.265 e. The summed E-state index contributed by atoms with van der Waals surface area (Å²) in [6.07, 6.45) is -1.66. The second kappa shape index (κ2) is 4.80. The van der Waals surface area contributed by atoms with Crippen molar-refractivity contribution >= 4 is 17.9 Å². The van der Waals surface area contributed by atoms with Crippen molar-refractivity contribution in [2.24, 2.45) is 0 Å². The van der Waals surface area contributed by atoms with E-state index in [0.29, 0.717) is 0 Å². The minimum absolute atomic E-state index is 0.0565. The van der Waals surface area contributed by atoms with Gasteiger partial charge in [0.1, 0.15) is 6.07 Å². The Morgan fingerprint density at radius 3 is 2.73 bits per heavy atom. The Morgan fingerprint density at radius 2 is 2.33 bits per heavy atom. The molecule has 0 aliphatic carbocycles. The molecule has 0 atom stereocenters. The second-order valence-electron chi connectivity index (χ2n) is 2.61. The Morgan fingerprint density at radius 1 is 1.67 bits per heavy atom. The lowest BCUT2D eigenvalue weighted by Gasteiger charge is -2.08. The number of alkyl halides is 3. The summed E-state index contributed by atoms with van der Waals surface area (Å²) in [4.78, 5) is 14.3. The van der Waals surface area contributed by atoms with E-state index in [4.69, 9.17) is 16.9 Å². The fourth-order valence-electron chi connectivity index (χ4n) is 1.14. The van der Waals surface area contributed by atoms with Gasteiger partial charge in [-0.2, -0.15) is 5.26 Å². The molecule has 1 rings (SSSR count). The number of nitrogens with zero attached hydrogens (tertiary/aromatic N) is 2. The Kier molecular flexibility index (Phi) is 3.69. The minimum atomic E-state index is -2.90. The standard InChI is InChI=1S/C9H5ClF2N2O/c10-1-7-6(4-15)8(9(11)12)5(2-13)3-14-7/h3-4,9H,1H2. The Labute approximate surface area is 89.3 Å². The van der Waals surface area contributed by atoms with Gasteiger partial charge in [-0.05, 0) is 0 Å². The molecule has 0 fully saturated rings. The first-order valence-corrected chi connectivity index (χ1v) is 4.40. The van der Waals surface area contributed by atoms with Crippen LogP contribution in [0.3, 0.4) is 0 Å². The van der Waals surface area contributed by atoms with Gasteiger partial charge < -0.3 is 0 Å². The Balaban J connectivity index is 3.53. The summed E-state index contributed by atoms with van der Waals surface area (Å²) in [5.41, 5.74) is -1.14. The molecule has 0 radical (unpaired) electrons. The Hall–Kier alpha value is -1.54. The van der Waals surface area contributed by atoms with Crippen LogP contribution in [0.5, 0.6) is 0 Å². The molecule has 6 heteroatoms. The molecule has 0 aromatic carbocycles. The molecule has 0 N–H and O–H groups in total. The van der Waals surface area contributed by atoms with Crippen molar-refractivity contribution in [3.63, 3.8) is 0 Å². The van der Waals surface area contributed by atoms with E-state index in [1.807, 2.05) is 0 Å². The number of hydrogen-bond donors (Lipinski definition) is 0. The number of aldehydes is 1. The van der Waals surface area contributed by atoms with Gasteiger partial charge in [0.05, 0.1) is 17.1 Å². The lowest BCUT2D eigenvalue weighted by Crippen LogP contribution is -2.04. The van der Waals surface area contributed by atoms with E-state index in [1.165, 1.54) is 0 Å². The molecule has 1 heterocycles. The molecule has 1 aromatic rings. The van der Waals surface area contributed by atoms with Crippen LogP contribution in [-0.4, -0.2) is 11.3 Å². The molecular weight excluding hydrogens is 226 g/mol. The number of carbonyl (C=O) groups excluding carboxylic acids is 1. The van der Waals surface area contributed by atoms with Crippen LogP contribution < -0.4 is 0 Å². The topological polar surface area (TPSA) is 53.8 Å². The highest BCUT2D eigenvalue weighted by molar-refractivity contribution is 6.17. The Bertz CT molecular complexity index is 429. The average Bonchev–Trinajstić information content (AvgIpc) is 2.26. The fourth-order valence-corrected chi connectivity index (χ4v) is 1.36. The van der Waals surface area contributed by atoms with E-state index >= 15 is 0 Å². The summed E-state index contributed by atoms with van der Waals surface area (Å²) >= 11 is 5.43. The maximum absolute atomic E-state index is 12.6. The highest BCUT2D eigenvalue weighted by Crippen LogP contribution is 2.27. The summed E-state index contributed by atoms with van der Waals surface area (Å²) in [5.74, 6) is -0.153. The van der Waals surface area contributed by atoms with Gasteiger partial charge in [0, 0.05) is 17.3 Å². The van der Waals surface area contributed by atoms with E-state index in [2.05, 4.69) is 4.98 Å². The van der Waals surface area contributed by atoms with Crippen LogP contribution in [0.25, 0.3) is 0 Å². The van der Waals surface area contributed by atoms with E-state index < -0.39 is 12.0 Å². The molecule has 15 heavy (non-hydrogen) atoms. The summed E-state index contributed by atoms with van der Waals surface area (Å²) in [5, 5.41) is 8.58. The number of aromatic nitrogens is 1. The monoisotopic (exact) mass is 230 g/mol. The van der Waals surface area contributed by atoms with Gasteiger partial charge in [-0.3, -0.25) is 9.78 Å². The van der Waals surface area contributed by atoms with Gasteiger partial charge in [0.25, 0.3) is 6.43 Å². The van der Waals surface area contributed by atoms with Crippen molar-refractivity contribution in [2.75, 3.05) is 0 Å². The zero-order chi connectivity index (χ0) is 11.4. The van der Waals surface area contributed by atoms with E-state index in [-0.39, 0.29) is 29.0 Å². The van der Waals surface area contributed by atoms with Crippen molar-refractivity contribution in [2.45, 2.75) is 12.3 Å². The maximum Gasteiger partial charge on any atom is 0.265 e. The van der Waals surface area contributed by atoms with Crippen LogP contribution in [0.15, 0.2) is 6.20 Å². The first-order chi connectivity index (χ1) is 7.15. The highest BCUT2D eigenvalue weighted by atomic mass is 35.5. The van der Waals surface area contributed by atoms with Gasteiger partial charge in [0.2, 0.25) is 0 Å². The van der Waals surface area contributed by atoms with E-state index in [1.54, 1.807) is 6.07 Å². The first-order valence-electron chi connectivity index (χ1n) is 3.86. The van der Waals surface area contributed by atoms with Crippen molar-refractivity contribution in [1.82, 2.24) is 4.98 Å². The molecule has 0 saturated carbocycles. The van der Waals surface area contributed by atoms with Gasteiger partial charge in [-0.15, -0.1) is 11.6 Å². The van der Waals surface area contributed by atoms with Crippen LogP contribution in [0.2, 0.25) is 0 Å². The van der Waals surface area contributed by atoms with Crippen LogP contribution in [-0.2, 0) is 5.88 Å². The number of hydrogen-bond acceptors (Lipinski definition) is 3. The van der Waals surface area contributed by atoms with Crippen molar-refractivity contribution in [3.05, 3.63) is 28.6 Å². The minimum Gasteiger partial charge on any atom is -0.298 e. The average molecular weight is 231 g/mol. The highest BCUT2D eigenvalue weighted by Gasteiger charge is 2.21. The van der Waals surface area contributed by atoms with E-state index in [0.717, 1.165) is 6.20 Å². The van der Waals surface area contributed by atoms with Gasteiger partial charge in [-0.1, -0.05) is 0 Å². The molecule has 1 aromatic heterocycles. The second-order valence-corrected chi connectivity index (χ2v) is 2.88. The van der Waals surface area contributed by atoms with Crippen molar-refractivity contribution < 1.29 is 13.6 Å². The zero-order valence-corrected chi connectivity index (χ0v) is 8.13. The lowest BCUT2D eigenvalue weighted by atomic mass is 10.0. The largest absolute Gasteiger partial charge is 0.298 e. The van der Waals surface area contributed by atoms with Crippen molar-refractivity contribution in [3.8, 4) is 6.07 Å². The lowest BCUT2D eigenvalue weighted by molar-refractivity contribution is 0.110. The first kappa shape index (κ1) is 11.5. The molecule has 0 unspecified atom stereocenters. The molecule has 0 amide bonds. The SMILES string of the molecule is N#Cc1cnc(CCl)c(C=O)c1C(F)F. The molecule has 0 saturated heterocycles. The van der Waals surface area contributed by atoms with Crippen molar-refractivity contribution in [1.29, 1.82) is 5.26 Å². The number of carbonyl (C=O) groups is 1. The predicted octanol–water partition coefficient (Wildman–Crippen LogP) is 2.44. The predicted molar refractivity (Wildman–Crippen MR) is 48.9 cm³/mol. The van der Waals surface area contributed by atoms with Gasteiger partial charge in [0.15, 0.2) is 6.29 Å². The quantitative estimate of drug-likeness (QED) is 0.592. The number of pyridine rings is 1. The number of rotatable bonds is 3. The summed E-state index contributed by atoms with van der Waals surface area (Å²) in [7, 11) is 0. The molecule has 0 bridgehead atoms. The summed E-state index contributed by atoms with van der Waals surface area (Å²) in [6, 6.07) is 1.56. The summed E-state index contributed by atoms with van der Waals surface area (Å²) < 4.78 is 25.2. The molecule has 78 valence electrons. The van der Waals surface area contributed by atoms with Gasteiger partial charge >= 0.3 is 0 Å². The van der Waals surface area contributed by atoms with Crippen LogP contribution in [0, 0.1) is 11.3 Å². The summed E-state index contributed by atoms with van der Waals surface area (Å²) in [6.45, 7) is 0. The van der Waals surface area contributed by atoms with Crippen LogP contribution in [0.4, 0.5) is 8.78 Å². The third kappa shape index (κ3) is 2.10. The maximum atomic E-state index is 12.6. The molecule has 3 nitrogen and oxygen atoms in total. The van der Waals surface area contributed by atoms with E-state index in [9.17, 15) is 13.6 Å². The fraction of sp³-hybridized carbons (Fsp3) is 0.222. The normalized spacial score (nSPS) is 10.1. The third-order valence-corrected chi connectivity index (χ3v) is 2.08. The number of nitriles is 1. The zero-order valence-electron chi connectivity index (χ0n) is 7.38. The molecule has 0 aliphatic heterocycles. The van der Waals surface area contributed by atoms with Crippen LogP contribution >= 0.6 is 11.6 Å².